The minimum absolute atomic E-state index is 0.594. The van der Waals surface area contributed by atoms with Crippen LogP contribution in [0.1, 0.15) is 31.7 Å². The van der Waals surface area contributed by atoms with E-state index in [4.69, 9.17) is 11.6 Å². The Balaban J connectivity index is 2.14. The number of hydrogen-bond acceptors (Lipinski definition) is 1. The number of hydrogen-bond donors (Lipinski definition) is 0. The van der Waals surface area contributed by atoms with Gasteiger partial charge in [0.2, 0.25) is 0 Å². The summed E-state index contributed by atoms with van der Waals surface area (Å²) in [7, 11) is 0. The van der Waals surface area contributed by atoms with Gasteiger partial charge in [-0.2, -0.15) is 0 Å². The van der Waals surface area contributed by atoms with Gasteiger partial charge in [0.1, 0.15) is 0 Å². The van der Waals surface area contributed by atoms with Crippen molar-refractivity contribution in [1.29, 1.82) is 0 Å². The van der Waals surface area contributed by atoms with Crippen LogP contribution < -0.4 is 4.90 Å². The first-order valence-corrected chi connectivity index (χ1v) is 7.66. The Morgan fingerprint density at radius 2 is 2.06 bits per heavy atom. The molecule has 0 aromatic heterocycles. The molecule has 0 aliphatic carbocycles. The molecule has 0 unspecified atom stereocenters. The van der Waals surface area contributed by atoms with Gasteiger partial charge < -0.3 is 4.90 Å². The van der Waals surface area contributed by atoms with Crippen LogP contribution in [0.15, 0.2) is 22.7 Å². The molecule has 0 bridgehead atoms. The van der Waals surface area contributed by atoms with Gasteiger partial charge in [0, 0.05) is 29.1 Å². The summed E-state index contributed by atoms with van der Waals surface area (Å²) in [5, 5.41) is 0. The molecule has 94 valence electrons. The van der Waals surface area contributed by atoms with Crippen molar-refractivity contribution in [3.05, 3.63) is 28.2 Å². The Morgan fingerprint density at radius 3 is 2.65 bits per heavy atom. The second kappa shape index (κ2) is 6.10. The first kappa shape index (κ1) is 13.2. The molecule has 1 aromatic rings. The fourth-order valence-electron chi connectivity index (χ4n) is 2.53. The van der Waals surface area contributed by atoms with E-state index in [0.717, 1.165) is 10.4 Å². The normalized spacial score (nSPS) is 17.5. The molecule has 1 aliphatic rings. The fourth-order valence-corrected chi connectivity index (χ4v) is 3.10. The van der Waals surface area contributed by atoms with Crippen molar-refractivity contribution in [3.63, 3.8) is 0 Å². The van der Waals surface area contributed by atoms with Crippen LogP contribution in [0.4, 0.5) is 5.69 Å². The van der Waals surface area contributed by atoms with Crippen LogP contribution in [0, 0.1) is 5.92 Å². The second-order valence-electron chi connectivity index (χ2n) is 4.75. The van der Waals surface area contributed by atoms with Crippen LogP contribution >= 0.6 is 27.5 Å². The van der Waals surface area contributed by atoms with Crippen LogP contribution in [-0.4, -0.2) is 13.1 Å². The molecule has 3 heteroatoms. The van der Waals surface area contributed by atoms with Gasteiger partial charge in [-0.1, -0.05) is 35.3 Å². The average Bonchev–Trinajstić information content (AvgIpc) is 2.39. The van der Waals surface area contributed by atoms with Crippen molar-refractivity contribution >= 4 is 33.2 Å². The van der Waals surface area contributed by atoms with Gasteiger partial charge in [0.25, 0.3) is 0 Å². The summed E-state index contributed by atoms with van der Waals surface area (Å²) in [6.07, 6.45) is 3.93. The molecular weight excluding hydrogens is 298 g/mol. The van der Waals surface area contributed by atoms with Crippen LogP contribution in [0.2, 0.25) is 0 Å². The van der Waals surface area contributed by atoms with Gasteiger partial charge in [-0.25, -0.2) is 0 Å². The van der Waals surface area contributed by atoms with E-state index in [9.17, 15) is 0 Å². The van der Waals surface area contributed by atoms with E-state index in [-0.39, 0.29) is 0 Å². The molecule has 1 aromatic carbocycles. The van der Waals surface area contributed by atoms with Crippen LogP contribution in [-0.2, 0) is 5.88 Å². The summed E-state index contributed by atoms with van der Waals surface area (Å²) in [5.74, 6) is 1.51. The third kappa shape index (κ3) is 3.17. The van der Waals surface area contributed by atoms with Crippen molar-refractivity contribution < 1.29 is 0 Å². The van der Waals surface area contributed by atoms with Crippen molar-refractivity contribution in [2.75, 3.05) is 18.0 Å². The second-order valence-corrected chi connectivity index (χ2v) is 5.93. The predicted molar refractivity (Wildman–Crippen MR) is 78.9 cm³/mol. The Labute approximate surface area is 117 Å². The van der Waals surface area contributed by atoms with E-state index in [1.807, 2.05) is 0 Å². The standard InChI is InChI=1S/C14H19BrClN/c1-2-11-5-7-17(8-6-11)14-9-13(15)4-3-12(14)10-16/h3-4,9,11H,2,5-8,10H2,1H3. The number of rotatable bonds is 3. The van der Waals surface area contributed by atoms with Crippen LogP contribution in [0.5, 0.6) is 0 Å². The van der Waals surface area contributed by atoms with E-state index < -0.39 is 0 Å². The molecule has 1 nitrogen and oxygen atoms in total. The van der Waals surface area contributed by atoms with Gasteiger partial charge in [-0.15, -0.1) is 11.6 Å². The quantitative estimate of drug-likeness (QED) is 0.723. The minimum Gasteiger partial charge on any atom is -0.371 e. The third-order valence-corrected chi connectivity index (χ3v) is 4.51. The summed E-state index contributed by atoms with van der Waals surface area (Å²) in [6, 6.07) is 6.39. The van der Waals surface area contributed by atoms with Gasteiger partial charge in [-0.05, 0) is 36.5 Å². The number of halogens is 2. The largest absolute Gasteiger partial charge is 0.371 e. The molecule has 17 heavy (non-hydrogen) atoms. The summed E-state index contributed by atoms with van der Waals surface area (Å²) in [6.45, 7) is 4.63. The van der Waals surface area contributed by atoms with Crippen LogP contribution in [0.3, 0.4) is 0 Å². The van der Waals surface area contributed by atoms with Gasteiger partial charge >= 0.3 is 0 Å². The van der Waals surface area contributed by atoms with E-state index in [1.165, 1.54) is 43.6 Å². The molecule has 0 saturated carbocycles. The Morgan fingerprint density at radius 1 is 1.35 bits per heavy atom. The first-order valence-electron chi connectivity index (χ1n) is 6.34. The lowest BCUT2D eigenvalue weighted by Crippen LogP contribution is -2.34. The molecule has 1 heterocycles. The summed E-state index contributed by atoms with van der Waals surface area (Å²) in [5.41, 5.74) is 2.55. The van der Waals surface area contributed by atoms with Crippen molar-refractivity contribution in [2.24, 2.45) is 5.92 Å². The summed E-state index contributed by atoms with van der Waals surface area (Å²) in [4.78, 5) is 2.48. The maximum absolute atomic E-state index is 6.02. The fraction of sp³-hybridized carbons (Fsp3) is 0.571. The molecule has 0 spiro atoms. The van der Waals surface area contributed by atoms with E-state index >= 15 is 0 Å². The maximum atomic E-state index is 6.02. The minimum atomic E-state index is 0.594. The Bertz CT molecular complexity index is 372. The molecule has 1 saturated heterocycles. The molecule has 0 amide bonds. The highest BCUT2D eigenvalue weighted by Crippen LogP contribution is 2.30. The number of benzene rings is 1. The number of alkyl halides is 1. The SMILES string of the molecule is CCC1CCN(c2cc(Br)ccc2CCl)CC1. The zero-order valence-corrected chi connectivity index (χ0v) is 12.6. The third-order valence-electron chi connectivity index (χ3n) is 3.72. The van der Waals surface area contributed by atoms with Gasteiger partial charge in [0.05, 0.1) is 0 Å². The maximum Gasteiger partial charge on any atom is 0.0494 e. The highest BCUT2D eigenvalue weighted by atomic mass is 79.9. The van der Waals surface area contributed by atoms with Crippen LogP contribution in [0.25, 0.3) is 0 Å². The lowest BCUT2D eigenvalue weighted by Gasteiger charge is -2.34. The Kier molecular flexibility index (Phi) is 4.75. The smallest absolute Gasteiger partial charge is 0.0494 e. The molecule has 0 atom stereocenters. The highest BCUT2D eigenvalue weighted by molar-refractivity contribution is 9.10. The lowest BCUT2D eigenvalue weighted by molar-refractivity contribution is 0.395. The topological polar surface area (TPSA) is 3.24 Å². The van der Waals surface area contributed by atoms with Crippen molar-refractivity contribution in [1.82, 2.24) is 0 Å². The number of nitrogens with zero attached hydrogens (tertiary/aromatic N) is 1. The van der Waals surface area contributed by atoms with Gasteiger partial charge in [-0.3, -0.25) is 0 Å². The first-order chi connectivity index (χ1) is 8.24. The summed E-state index contributed by atoms with van der Waals surface area (Å²) < 4.78 is 1.14. The lowest BCUT2D eigenvalue weighted by atomic mass is 9.94. The molecule has 1 fully saturated rings. The average molecular weight is 317 g/mol. The van der Waals surface area contributed by atoms with E-state index in [0.29, 0.717) is 5.88 Å². The molecule has 0 radical (unpaired) electrons. The Hall–Kier alpha value is -0.210. The molecule has 1 aliphatic heterocycles. The van der Waals surface area contributed by atoms with E-state index in [2.05, 4.69) is 46.0 Å². The molecular formula is C14H19BrClN. The monoisotopic (exact) mass is 315 g/mol. The molecule has 0 N–H and O–H groups in total. The van der Waals surface area contributed by atoms with Crippen molar-refractivity contribution in [2.45, 2.75) is 32.1 Å². The molecule has 2 rings (SSSR count). The van der Waals surface area contributed by atoms with Gasteiger partial charge in [0.15, 0.2) is 0 Å². The predicted octanol–water partition coefficient (Wildman–Crippen LogP) is 4.81. The van der Waals surface area contributed by atoms with E-state index in [1.54, 1.807) is 0 Å². The highest BCUT2D eigenvalue weighted by Gasteiger charge is 2.19. The van der Waals surface area contributed by atoms with Crippen molar-refractivity contribution in [3.8, 4) is 0 Å². The zero-order chi connectivity index (χ0) is 12.3. The zero-order valence-electron chi connectivity index (χ0n) is 10.3. The number of anilines is 1. The number of piperidine rings is 1. The summed E-state index contributed by atoms with van der Waals surface area (Å²) >= 11 is 9.57.